The summed E-state index contributed by atoms with van der Waals surface area (Å²) in [5.41, 5.74) is 0.434. The van der Waals surface area contributed by atoms with Crippen molar-refractivity contribution in [2.45, 2.75) is 12.8 Å². The van der Waals surface area contributed by atoms with Crippen LogP contribution in [0, 0.1) is 3.57 Å². The molecule has 0 aliphatic rings. The van der Waals surface area contributed by atoms with Crippen molar-refractivity contribution in [3.05, 3.63) is 27.6 Å². The van der Waals surface area contributed by atoms with Crippen molar-refractivity contribution in [3.63, 3.8) is 0 Å². The fraction of sp³-hybridized carbons (Fsp3) is 0.333. The van der Waals surface area contributed by atoms with E-state index in [-0.39, 0.29) is 24.7 Å². The topological polar surface area (TPSA) is 68.4 Å². The Morgan fingerprint density at radius 3 is 2.95 bits per heavy atom. The summed E-state index contributed by atoms with van der Waals surface area (Å²) < 4.78 is 34.4. The molecule has 0 amide bonds. The van der Waals surface area contributed by atoms with E-state index in [2.05, 4.69) is 32.7 Å². The molecule has 20 heavy (non-hydrogen) atoms. The normalized spacial score (nSPS) is 11.2. The fourth-order valence-electron chi connectivity index (χ4n) is 1.48. The number of aromatic hydroxyl groups is 1. The number of alkyl halides is 2. The summed E-state index contributed by atoms with van der Waals surface area (Å²) in [6.07, 6.45) is -2.22. The molecular formula is C12H11F2IN2O3. The molecule has 0 saturated carbocycles. The van der Waals surface area contributed by atoms with Crippen molar-refractivity contribution in [3.8, 4) is 17.2 Å². The van der Waals surface area contributed by atoms with Gasteiger partial charge in [-0.05, 0) is 40.8 Å². The van der Waals surface area contributed by atoms with Crippen molar-refractivity contribution in [1.82, 2.24) is 10.1 Å². The van der Waals surface area contributed by atoms with Crippen LogP contribution in [0.3, 0.4) is 0 Å². The Labute approximate surface area is 127 Å². The largest absolute Gasteiger partial charge is 0.507 e. The van der Waals surface area contributed by atoms with Gasteiger partial charge in [0.1, 0.15) is 12.4 Å². The molecule has 1 aromatic carbocycles. The summed E-state index contributed by atoms with van der Waals surface area (Å²) in [5.74, 6) is 0.562. The van der Waals surface area contributed by atoms with Gasteiger partial charge in [-0.2, -0.15) is 4.98 Å². The van der Waals surface area contributed by atoms with Crippen LogP contribution in [0.2, 0.25) is 0 Å². The average Bonchev–Trinajstić information content (AvgIpc) is 2.86. The van der Waals surface area contributed by atoms with E-state index in [0.29, 0.717) is 11.4 Å². The van der Waals surface area contributed by atoms with Crippen LogP contribution in [0.1, 0.15) is 5.82 Å². The number of nitrogens with zero attached hydrogens (tertiary/aromatic N) is 2. The van der Waals surface area contributed by atoms with Crippen LogP contribution < -0.4 is 0 Å². The van der Waals surface area contributed by atoms with Gasteiger partial charge in [-0.3, -0.25) is 0 Å². The molecule has 0 spiro atoms. The van der Waals surface area contributed by atoms with Gasteiger partial charge in [0.05, 0.1) is 12.2 Å². The first-order chi connectivity index (χ1) is 9.56. The molecule has 0 aliphatic heterocycles. The minimum atomic E-state index is -2.49. The molecule has 1 aromatic heterocycles. The molecule has 0 saturated heterocycles. The summed E-state index contributed by atoms with van der Waals surface area (Å²) in [6.45, 7) is -0.524. The van der Waals surface area contributed by atoms with Crippen LogP contribution in [-0.2, 0) is 11.2 Å². The highest BCUT2D eigenvalue weighted by molar-refractivity contribution is 14.1. The number of rotatable bonds is 6. The van der Waals surface area contributed by atoms with Crippen LogP contribution in [0.15, 0.2) is 22.7 Å². The summed E-state index contributed by atoms with van der Waals surface area (Å²) in [4.78, 5) is 4.09. The minimum absolute atomic E-state index is 0.0366. The molecule has 5 nitrogen and oxygen atoms in total. The second-order valence-corrected chi connectivity index (χ2v) is 5.14. The van der Waals surface area contributed by atoms with Crippen LogP contribution >= 0.6 is 22.6 Å². The van der Waals surface area contributed by atoms with Gasteiger partial charge in [0.25, 0.3) is 12.3 Å². The zero-order valence-electron chi connectivity index (χ0n) is 10.2. The number of phenols is 1. The van der Waals surface area contributed by atoms with Gasteiger partial charge in [-0.15, -0.1) is 0 Å². The fourth-order valence-corrected chi connectivity index (χ4v) is 1.97. The van der Waals surface area contributed by atoms with E-state index in [1.165, 1.54) is 6.07 Å². The van der Waals surface area contributed by atoms with E-state index in [4.69, 9.17) is 9.26 Å². The SMILES string of the molecule is Oc1ccc(I)cc1-c1nc(CCOCC(F)F)no1. The van der Waals surface area contributed by atoms with Gasteiger partial charge in [0.15, 0.2) is 5.82 Å². The molecular weight excluding hydrogens is 385 g/mol. The first-order valence-corrected chi connectivity index (χ1v) is 6.81. The van der Waals surface area contributed by atoms with E-state index in [1.54, 1.807) is 12.1 Å². The van der Waals surface area contributed by atoms with Gasteiger partial charge in [0.2, 0.25) is 0 Å². The molecule has 0 bridgehead atoms. The zero-order chi connectivity index (χ0) is 14.5. The van der Waals surface area contributed by atoms with Crippen molar-refractivity contribution in [2.75, 3.05) is 13.2 Å². The van der Waals surface area contributed by atoms with Crippen LogP contribution in [0.4, 0.5) is 8.78 Å². The maximum Gasteiger partial charge on any atom is 0.261 e. The lowest BCUT2D eigenvalue weighted by atomic mass is 10.2. The lowest BCUT2D eigenvalue weighted by Crippen LogP contribution is -2.07. The quantitative estimate of drug-likeness (QED) is 0.601. The lowest BCUT2D eigenvalue weighted by molar-refractivity contribution is 0.0182. The Morgan fingerprint density at radius 1 is 1.40 bits per heavy atom. The van der Waals surface area contributed by atoms with Gasteiger partial charge in [0, 0.05) is 9.99 Å². The van der Waals surface area contributed by atoms with Crippen LogP contribution in [0.5, 0.6) is 5.75 Å². The second kappa shape index (κ2) is 6.93. The van der Waals surface area contributed by atoms with Crippen molar-refractivity contribution < 1.29 is 23.1 Å². The minimum Gasteiger partial charge on any atom is -0.507 e. The molecule has 0 atom stereocenters. The van der Waals surface area contributed by atoms with Gasteiger partial charge < -0.3 is 14.4 Å². The predicted octanol–water partition coefficient (Wildman–Crippen LogP) is 2.87. The number of hydrogen-bond acceptors (Lipinski definition) is 5. The highest BCUT2D eigenvalue weighted by Gasteiger charge is 2.13. The van der Waals surface area contributed by atoms with E-state index >= 15 is 0 Å². The van der Waals surface area contributed by atoms with E-state index in [1.807, 2.05) is 0 Å². The van der Waals surface area contributed by atoms with Crippen molar-refractivity contribution in [1.29, 1.82) is 0 Å². The van der Waals surface area contributed by atoms with Gasteiger partial charge in [-0.1, -0.05) is 5.16 Å². The lowest BCUT2D eigenvalue weighted by Gasteiger charge is -2.00. The highest BCUT2D eigenvalue weighted by atomic mass is 127. The first kappa shape index (κ1) is 15.1. The third-order valence-corrected chi connectivity index (χ3v) is 3.04. The van der Waals surface area contributed by atoms with Gasteiger partial charge in [-0.25, -0.2) is 8.78 Å². The molecule has 0 aliphatic carbocycles. The second-order valence-electron chi connectivity index (χ2n) is 3.89. The van der Waals surface area contributed by atoms with E-state index in [9.17, 15) is 13.9 Å². The number of aromatic nitrogens is 2. The summed E-state index contributed by atoms with van der Waals surface area (Å²) in [5, 5.41) is 13.4. The summed E-state index contributed by atoms with van der Waals surface area (Å²) in [6, 6.07) is 4.99. The van der Waals surface area contributed by atoms with Crippen molar-refractivity contribution >= 4 is 22.6 Å². The van der Waals surface area contributed by atoms with Crippen LogP contribution in [-0.4, -0.2) is 34.9 Å². The third-order valence-electron chi connectivity index (χ3n) is 2.37. The molecule has 1 heterocycles. The molecule has 8 heteroatoms. The van der Waals surface area contributed by atoms with Crippen LogP contribution in [0.25, 0.3) is 11.5 Å². The standard InChI is InChI=1S/C12H11F2IN2O3/c13-10(14)6-19-4-3-11-16-12(20-17-11)8-5-7(15)1-2-9(8)18/h1-2,5,10,18H,3-4,6H2. The molecule has 2 aromatic rings. The van der Waals surface area contributed by atoms with Crippen molar-refractivity contribution in [2.24, 2.45) is 0 Å². The Balaban J connectivity index is 2.00. The van der Waals surface area contributed by atoms with E-state index in [0.717, 1.165) is 3.57 Å². The Kier molecular flexibility index (Phi) is 5.24. The molecule has 0 radical (unpaired) electrons. The average molecular weight is 396 g/mol. The Bertz CT molecular complexity index is 578. The molecule has 1 N–H and O–H groups in total. The Hall–Kier alpha value is -1.29. The third kappa shape index (κ3) is 4.10. The smallest absolute Gasteiger partial charge is 0.261 e. The summed E-state index contributed by atoms with van der Waals surface area (Å²) in [7, 11) is 0. The number of halogens is 3. The monoisotopic (exact) mass is 396 g/mol. The zero-order valence-corrected chi connectivity index (χ0v) is 12.4. The predicted molar refractivity (Wildman–Crippen MR) is 74.6 cm³/mol. The first-order valence-electron chi connectivity index (χ1n) is 5.73. The number of ether oxygens (including phenoxy) is 1. The Morgan fingerprint density at radius 2 is 2.20 bits per heavy atom. The number of hydrogen-bond donors (Lipinski definition) is 1. The molecule has 0 unspecified atom stereocenters. The highest BCUT2D eigenvalue weighted by Crippen LogP contribution is 2.29. The maximum absolute atomic E-state index is 11.9. The maximum atomic E-state index is 11.9. The molecule has 0 fully saturated rings. The molecule has 2 rings (SSSR count). The number of benzene rings is 1. The van der Waals surface area contributed by atoms with E-state index < -0.39 is 13.0 Å². The van der Waals surface area contributed by atoms with Gasteiger partial charge >= 0.3 is 0 Å². The number of phenolic OH excluding ortho intramolecular Hbond substituents is 1. The summed E-state index contributed by atoms with van der Waals surface area (Å²) >= 11 is 2.10. The molecule has 108 valence electrons.